The van der Waals surface area contributed by atoms with Gasteiger partial charge in [0.25, 0.3) is 0 Å². The van der Waals surface area contributed by atoms with E-state index in [1.807, 2.05) is 13.8 Å². The third-order valence-electron chi connectivity index (χ3n) is 1.84. The van der Waals surface area contributed by atoms with Crippen molar-refractivity contribution < 1.29 is 4.74 Å². The molecule has 0 N–H and O–H groups in total. The fourth-order valence-corrected chi connectivity index (χ4v) is 2.09. The zero-order valence-corrected chi connectivity index (χ0v) is 10.2. The van der Waals surface area contributed by atoms with Crippen molar-refractivity contribution in [3.8, 4) is 0 Å². The van der Waals surface area contributed by atoms with E-state index in [1.54, 1.807) is 0 Å². The Morgan fingerprint density at radius 2 is 1.62 bits per heavy atom. The largest absolute Gasteiger partial charge is 0.365 e. The molecule has 1 nitrogen and oxygen atoms in total. The van der Waals surface area contributed by atoms with Gasteiger partial charge in [-0.15, -0.1) is 0 Å². The van der Waals surface area contributed by atoms with E-state index in [1.165, 1.54) is 5.57 Å². The summed E-state index contributed by atoms with van der Waals surface area (Å²) in [4.78, 5) is 0. The summed E-state index contributed by atoms with van der Waals surface area (Å²) in [5, 5.41) is 0. The minimum atomic E-state index is -0.0775. The van der Waals surface area contributed by atoms with Crippen LogP contribution < -0.4 is 0 Å². The molecule has 0 aromatic carbocycles. The predicted octanol–water partition coefficient (Wildman–Crippen LogP) is 3.94. The summed E-state index contributed by atoms with van der Waals surface area (Å²) < 4.78 is 5.86. The first-order valence-electron chi connectivity index (χ1n) is 5.19. The van der Waals surface area contributed by atoms with Crippen LogP contribution in [0.4, 0.5) is 0 Å². The van der Waals surface area contributed by atoms with Crippen molar-refractivity contribution in [2.24, 2.45) is 0 Å². The average molecular weight is 184 g/mol. The summed E-state index contributed by atoms with van der Waals surface area (Å²) in [5.74, 6) is 0. The lowest BCUT2D eigenvalue weighted by Gasteiger charge is -2.39. The first-order valence-corrected chi connectivity index (χ1v) is 5.19. The summed E-state index contributed by atoms with van der Waals surface area (Å²) in [5.41, 5.74) is 1.38. The highest BCUT2D eigenvalue weighted by atomic mass is 16.5. The Bertz CT molecular complexity index is 187. The van der Waals surface area contributed by atoms with Gasteiger partial charge in [-0.05, 0) is 41.0 Å². The molecule has 0 saturated carbocycles. The van der Waals surface area contributed by atoms with Gasteiger partial charge in [-0.1, -0.05) is 25.5 Å². The topological polar surface area (TPSA) is 9.23 Å². The summed E-state index contributed by atoms with van der Waals surface area (Å²) in [6, 6.07) is 0. The maximum atomic E-state index is 5.86. The van der Waals surface area contributed by atoms with Crippen LogP contribution in [0.2, 0.25) is 0 Å². The van der Waals surface area contributed by atoms with Gasteiger partial charge in [0.1, 0.15) is 0 Å². The summed E-state index contributed by atoms with van der Waals surface area (Å²) in [6.45, 7) is 14.7. The fourth-order valence-electron chi connectivity index (χ4n) is 2.09. The van der Waals surface area contributed by atoms with Gasteiger partial charge in [-0.2, -0.15) is 0 Å². The highest BCUT2D eigenvalue weighted by molar-refractivity contribution is 5.13. The van der Waals surface area contributed by atoms with Crippen LogP contribution in [0.25, 0.3) is 0 Å². The van der Waals surface area contributed by atoms with Gasteiger partial charge in [0.2, 0.25) is 0 Å². The molecule has 1 heteroatoms. The lowest BCUT2D eigenvalue weighted by molar-refractivity contribution is -0.106. The Balaban J connectivity index is 0.000000671. The Kier molecular flexibility index (Phi) is 4.18. The van der Waals surface area contributed by atoms with Gasteiger partial charge >= 0.3 is 0 Å². The van der Waals surface area contributed by atoms with Gasteiger partial charge in [0.15, 0.2) is 0 Å². The van der Waals surface area contributed by atoms with E-state index in [0.29, 0.717) is 0 Å². The van der Waals surface area contributed by atoms with E-state index in [0.717, 1.165) is 6.42 Å². The monoisotopic (exact) mass is 184 g/mol. The van der Waals surface area contributed by atoms with Crippen molar-refractivity contribution in [1.82, 2.24) is 0 Å². The first kappa shape index (κ1) is 12.7. The molecule has 0 atom stereocenters. The maximum absolute atomic E-state index is 5.86. The van der Waals surface area contributed by atoms with Crippen LogP contribution in [0.1, 0.15) is 54.9 Å². The van der Waals surface area contributed by atoms with Crippen molar-refractivity contribution >= 4 is 0 Å². The molecule has 1 aliphatic rings. The molecule has 0 fully saturated rings. The van der Waals surface area contributed by atoms with E-state index in [9.17, 15) is 0 Å². The highest BCUT2D eigenvalue weighted by Crippen LogP contribution is 2.33. The van der Waals surface area contributed by atoms with Gasteiger partial charge in [0, 0.05) is 0 Å². The quantitative estimate of drug-likeness (QED) is 0.518. The Morgan fingerprint density at radius 3 is 1.92 bits per heavy atom. The molecule has 0 aromatic heterocycles. The van der Waals surface area contributed by atoms with Crippen molar-refractivity contribution in [3.63, 3.8) is 0 Å². The van der Waals surface area contributed by atoms with Crippen LogP contribution in [-0.2, 0) is 4.74 Å². The fraction of sp³-hybridized carbons (Fsp3) is 0.833. The second kappa shape index (κ2) is 4.28. The molecular weight excluding hydrogens is 160 g/mol. The smallest absolute Gasteiger partial charge is 0.0816 e. The zero-order valence-electron chi connectivity index (χ0n) is 10.2. The Hall–Kier alpha value is -0.300. The summed E-state index contributed by atoms with van der Waals surface area (Å²) in [6.07, 6.45) is 3.26. The van der Waals surface area contributed by atoms with Gasteiger partial charge in [-0.25, -0.2) is 0 Å². The predicted molar refractivity (Wildman–Crippen MR) is 59.0 cm³/mol. The van der Waals surface area contributed by atoms with Crippen LogP contribution in [0, 0.1) is 0 Å². The molecule has 78 valence electrons. The lowest BCUT2D eigenvalue weighted by Crippen LogP contribution is -2.39. The molecule has 0 spiro atoms. The summed E-state index contributed by atoms with van der Waals surface area (Å²) in [7, 11) is 0. The van der Waals surface area contributed by atoms with E-state index in [4.69, 9.17) is 4.74 Å². The van der Waals surface area contributed by atoms with E-state index in [2.05, 4.69) is 40.7 Å². The van der Waals surface area contributed by atoms with Crippen LogP contribution in [-0.4, -0.2) is 11.2 Å². The van der Waals surface area contributed by atoms with Crippen molar-refractivity contribution in [1.29, 1.82) is 0 Å². The zero-order chi connectivity index (χ0) is 10.7. The lowest BCUT2D eigenvalue weighted by atomic mass is 9.90. The maximum Gasteiger partial charge on any atom is 0.0816 e. The molecule has 0 aromatic rings. The number of rotatable bonds is 0. The molecule has 0 radical (unpaired) electrons. The molecule has 0 saturated heterocycles. The molecule has 0 aliphatic carbocycles. The number of hydrogen-bond donors (Lipinski definition) is 0. The molecule has 0 unspecified atom stereocenters. The summed E-state index contributed by atoms with van der Waals surface area (Å²) >= 11 is 0. The normalized spacial score (nSPS) is 24.1. The SMILES string of the molecule is CC.CC1=CC(C)(C)OC(C)(C)C1. The second-order valence-electron chi connectivity index (χ2n) is 4.63. The molecule has 1 aliphatic heterocycles. The third-order valence-corrected chi connectivity index (χ3v) is 1.84. The molecule has 13 heavy (non-hydrogen) atoms. The van der Waals surface area contributed by atoms with E-state index >= 15 is 0 Å². The highest BCUT2D eigenvalue weighted by Gasteiger charge is 2.32. The standard InChI is InChI=1S/C10H18O.C2H6/c1-8-6-9(2,3)11-10(4,5)7-8;1-2/h6H,7H2,1-5H3;1-2H3. The Labute approximate surface area is 83.2 Å². The van der Waals surface area contributed by atoms with Crippen molar-refractivity contribution in [3.05, 3.63) is 11.6 Å². The molecule has 0 amide bonds. The molecule has 1 heterocycles. The number of ether oxygens (including phenoxy) is 1. The van der Waals surface area contributed by atoms with Crippen molar-refractivity contribution in [2.45, 2.75) is 66.1 Å². The van der Waals surface area contributed by atoms with Crippen LogP contribution in [0.3, 0.4) is 0 Å². The molecule has 1 rings (SSSR count). The minimum absolute atomic E-state index is 0.0162. The van der Waals surface area contributed by atoms with E-state index < -0.39 is 0 Å². The van der Waals surface area contributed by atoms with Gasteiger partial charge in [-0.3, -0.25) is 0 Å². The van der Waals surface area contributed by atoms with Crippen LogP contribution in [0.15, 0.2) is 11.6 Å². The third kappa shape index (κ3) is 4.47. The Morgan fingerprint density at radius 1 is 1.15 bits per heavy atom. The van der Waals surface area contributed by atoms with E-state index in [-0.39, 0.29) is 11.2 Å². The number of hydrogen-bond acceptors (Lipinski definition) is 1. The van der Waals surface area contributed by atoms with Gasteiger partial charge in [0.05, 0.1) is 11.2 Å². The first-order chi connectivity index (χ1) is 5.81. The van der Waals surface area contributed by atoms with Crippen LogP contribution in [0.5, 0.6) is 0 Å². The average Bonchev–Trinajstić information content (AvgIpc) is 1.82. The minimum Gasteiger partial charge on any atom is -0.365 e. The van der Waals surface area contributed by atoms with Crippen molar-refractivity contribution in [2.75, 3.05) is 0 Å². The van der Waals surface area contributed by atoms with Gasteiger partial charge < -0.3 is 4.74 Å². The molecule has 0 bridgehead atoms. The second-order valence-corrected chi connectivity index (χ2v) is 4.63. The van der Waals surface area contributed by atoms with Crippen LogP contribution >= 0.6 is 0 Å². The molecular formula is C12H24O.